The van der Waals surface area contributed by atoms with E-state index in [2.05, 4.69) is 31.9 Å². The summed E-state index contributed by atoms with van der Waals surface area (Å²) < 4.78 is 0. The molecule has 306 valence electrons. The molecule has 3 heterocycles. The topological polar surface area (TPSA) is 253 Å². The SMILES string of the molecule is CC(C)C[C@@H]1NC(=O)CNC(=O)[C@H](C)NC(=O)[C@@H]2CCCN2C(=O)[C@@H]2CCCN2C(=O)[C@H](Cc2ccccc2)C(=O)NC(=O)[C@H]([C@@H](C)O)NC(=O)[C@H](C)C(=O)N1. The van der Waals surface area contributed by atoms with Gasteiger partial charge < -0.3 is 41.5 Å². The lowest BCUT2D eigenvalue weighted by Gasteiger charge is -2.33. The zero-order chi connectivity index (χ0) is 41.3. The average molecular weight is 783 g/mol. The summed E-state index contributed by atoms with van der Waals surface area (Å²) in [6.07, 6.45) is -0.955. The third-order valence-electron chi connectivity index (χ3n) is 10.2. The Morgan fingerprint density at radius 2 is 1.30 bits per heavy atom. The van der Waals surface area contributed by atoms with E-state index in [0.29, 0.717) is 24.8 Å². The second kappa shape index (κ2) is 19.5. The van der Waals surface area contributed by atoms with Crippen LogP contribution in [-0.2, 0) is 49.6 Å². The number of nitrogens with one attached hydrogen (secondary N) is 6. The minimum absolute atomic E-state index is 0.0394. The van der Waals surface area contributed by atoms with Crippen LogP contribution in [0.4, 0.5) is 0 Å². The Kier molecular flexibility index (Phi) is 15.1. The molecule has 18 nitrogen and oxygen atoms in total. The third kappa shape index (κ3) is 11.1. The maximum atomic E-state index is 14.3. The number of aliphatic hydroxyl groups excluding tert-OH is 1. The van der Waals surface area contributed by atoms with Crippen molar-refractivity contribution in [1.29, 1.82) is 0 Å². The average Bonchev–Trinajstić information content (AvgIpc) is 3.85. The Morgan fingerprint density at radius 3 is 1.93 bits per heavy atom. The number of imide groups is 1. The van der Waals surface area contributed by atoms with Crippen molar-refractivity contribution in [2.24, 2.45) is 17.8 Å². The molecular formula is C38H54N8O10. The predicted molar refractivity (Wildman–Crippen MR) is 199 cm³/mol. The van der Waals surface area contributed by atoms with Gasteiger partial charge in [-0.2, -0.15) is 0 Å². The number of benzene rings is 1. The Morgan fingerprint density at radius 1 is 0.696 bits per heavy atom. The molecule has 3 aliphatic rings. The molecule has 8 atom stereocenters. The lowest BCUT2D eigenvalue weighted by Crippen LogP contribution is -2.58. The van der Waals surface area contributed by atoms with Crippen molar-refractivity contribution in [2.45, 2.75) is 110 Å². The normalized spacial score (nSPS) is 28.8. The monoisotopic (exact) mass is 782 g/mol. The molecule has 0 spiro atoms. The fourth-order valence-electron chi connectivity index (χ4n) is 7.08. The largest absolute Gasteiger partial charge is 0.391 e. The van der Waals surface area contributed by atoms with Crippen LogP contribution < -0.4 is 31.9 Å². The van der Waals surface area contributed by atoms with Crippen LogP contribution in [0.5, 0.6) is 0 Å². The Balaban J connectivity index is 1.67. The van der Waals surface area contributed by atoms with Crippen molar-refractivity contribution in [3.8, 4) is 0 Å². The van der Waals surface area contributed by atoms with Crippen LogP contribution in [0, 0.1) is 17.8 Å². The molecule has 0 bridgehead atoms. The number of carbonyl (C=O) groups is 9. The number of hydrogen-bond donors (Lipinski definition) is 7. The second-order valence-corrected chi connectivity index (χ2v) is 15.1. The molecule has 3 saturated heterocycles. The number of fused-ring (bicyclic) bond motifs is 2. The van der Waals surface area contributed by atoms with Gasteiger partial charge >= 0.3 is 0 Å². The first-order valence-corrected chi connectivity index (χ1v) is 19.1. The third-order valence-corrected chi connectivity index (χ3v) is 10.2. The van der Waals surface area contributed by atoms with E-state index in [4.69, 9.17) is 0 Å². The summed E-state index contributed by atoms with van der Waals surface area (Å²) >= 11 is 0. The molecule has 0 radical (unpaired) electrons. The van der Waals surface area contributed by atoms with Gasteiger partial charge in [0.1, 0.15) is 42.2 Å². The summed E-state index contributed by atoms with van der Waals surface area (Å²) in [5.74, 6) is -10.1. The number of aliphatic hydroxyl groups is 1. The van der Waals surface area contributed by atoms with E-state index in [0.717, 1.165) is 0 Å². The predicted octanol–water partition coefficient (Wildman–Crippen LogP) is -1.79. The second-order valence-electron chi connectivity index (χ2n) is 15.1. The molecule has 1 aromatic rings. The first-order valence-electron chi connectivity index (χ1n) is 19.1. The van der Waals surface area contributed by atoms with Gasteiger partial charge in [-0.05, 0) is 70.8 Å². The van der Waals surface area contributed by atoms with Gasteiger partial charge in [0.15, 0.2) is 0 Å². The van der Waals surface area contributed by atoms with E-state index < -0.39 is 108 Å². The maximum absolute atomic E-state index is 14.3. The number of nitrogens with zero attached hydrogens (tertiary/aromatic N) is 2. The molecule has 3 fully saturated rings. The smallest absolute Gasteiger partial charge is 0.251 e. The van der Waals surface area contributed by atoms with Crippen LogP contribution in [0.3, 0.4) is 0 Å². The molecule has 9 amide bonds. The number of carbonyl (C=O) groups excluding carboxylic acids is 9. The highest BCUT2D eigenvalue weighted by Crippen LogP contribution is 2.27. The maximum Gasteiger partial charge on any atom is 0.251 e. The molecule has 0 unspecified atom stereocenters. The molecule has 4 rings (SSSR count). The van der Waals surface area contributed by atoms with Gasteiger partial charge in [-0.1, -0.05) is 44.2 Å². The Bertz CT molecular complexity index is 1670. The minimum atomic E-state index is -1.72. The standard InChI is InChI=1S/C38H54N8O10/c1-20(2)17-28-41-29(48)19-39-33(51)22(4)40-35(53)26-13-9-15-45(26)38(56)27-14-10-16-46(27)37(55)25(18-24-11-7-6-8-12-24)34(52)44-36(54)30(23(5)47)43-32(50)21(3)31(49)42-28/h6-8,11-12,20-23,25-28,30,47H,9-10,13-19H2,1-5H3,(H,39,51)(H,40,53)(H,41,48)(H,42,49)(H,43,50)(H,44,52,54)/t21-,22+,23-,25-,26+,27+,28-,30+/m1/s1. The van der Waals surface area contributed by atoms with Crippen molar-refractivity contribution >= 4 is 53.2 Å². The van der Waals surface area contributed by atoms with Crippen molar-refractivity contribution in [3.63, 3.8) is 0 Å². The fourth-order valence-corrected chi connectivity index (χ4v) is 7.08. The van der Waals surface area contributed by atoms with Crippen molar-refractivity contribution < 1.29 is 48.3 Å². The van der Waals surface area contributed by atoms with Crippen molar-refractivity contribution in [1.82, 2.24) is 41.7 Å². The van der Waals surface area contributed by atoms with Gasteiger partial charge in [0.25, 0.3) is 5.91 Å². The van der Waals surface area contributed by atoms with Crippen LogP contribution in [0.1, 0.15) is 72.3 Å². The highest BCUT2D eigenvalue weighted by molar-refractivity contribution is 6.09. The van der Waals surface area contributed by atoms with Crippen LogP contribution in [-0.4, -0.2) is 124 Å². The Hall–Kier alpha value is -5.39. The first kappa shape index (κ1) is 43.3. The molecule has 18 heteroatoms. The lowest BCUT2D eigenvalue weighted by molar-refractivity contribution is -0.151. The van der Waals surface area contributed by atoms with E-state index in [1.54, 1.807) is 30.3 Å². The van der Waals surface area contributed by atoms with Gasteiger partial charge in [-0.25, -0.2) is 0 Å². The lowest BCUT2D eigenvalue weighted by atomic mass is 9.96. The summed E-state index contributed by atoms with van der Waals surface area (Å²) in [5, 5.41) is 25.3. The van der Waals surface area contributed by atoms with Gasteiger partial charge in [0.2, 0.25) is 47.3 Å². The van der Waals surface area contributed by atoms with Gasteiger partial charge in [0, 0.05) is 13.1 Å². The first-order chi connectivity index (χ1) is 26.5. The fraction of sp³-hybridized carbons (Fsp3) is 0.605. The summed E-state index contributed by atoms with van der Waals surface area (Å²) in [6, 6.07) is 3.80. The molecule has 0 aliphatic carbocycles. The number of hydrogen-bond acceptors (Lipinski definition) is 10. The molecule has 3 aliphatic heterocycles. The van der Waals surface area contributed by atoms with Gasteiger partial charge in [-0.3, -0.25) is 48.5 Å². The van der Waals surface area contributed by atoms with E-state index in [9.17, 15) is 48.3 Å². The zero-order valence-corrected chi connectivity index (χ0v) is 32.5. The van der Waals surface area contributed by atoms with E-state index in [1.807, 2.05) is 13.8 Å². The number of amides is 9. The van der Waals surface area contributed by atoms with Gasteiger partial charge in [-0.15, -0.1) is 0 Å². The molecule has 1 aromatic carbocycles. The van der Waals surface area contributed by atoms with Crippen LogP contribution >= 0.6 is 0 Å². The number of rotatable bonds is 5. The zero-order valence-electron chi connectivity index (χ0n) is 32.5. The molecule has 7 N–H and O–H groups in total. The van der Waals surface area contributed by atoms with E-state index in [1.165, 1.54) is 30.6 Å². The Labute approximate surface area is 325 Å². The van der Waals surface area contributed by atoms with Crippen molar-refractivity contribution in [3.05, 3.63) is 35.9 Å². The van der Waals surface area contributed by atoms with Gasteiger partial charge in [0.05, 0.1) is 12.6 Å². The molecule has 0 saturated carbocycles. The summed E-state index contributed by atoms with van der Waals surface area (Å²) in [7, 11) is 0. The quantitative estimate of drug-likeness (QED) is 0.131. The van der Waals surface area contributed by atoms with Crippen LogP contribution in [0.25, 0.3) is 0 Å². The highest BCUT2D eigenvalue weighted by atomic mass is 16.3. The van der Waals surface area contributed by atoms with Crippen LogP contribution in [0.2, 0.25) is 0 Å². The van der Waals surface area contributed by atoms with E-state index in [-0.39, 0.29) is 38.3 Å². The highest BCUT2D eigenvalue weighted by Gasteiger charge is 2.45. The summed E-state index contributed by atoms with van der Waals surface area (Å²) in [6.45, 7) is 7.38. The molecular weight excluding hydrogens is 728 g/mol. The molecule has 56 heavy (non-hydrogen) atoms. The van der Waals surface area contributed by atoms with Crippen LogP contribution in [0.15, 0.2) is 30.3 Å². The van der Waals surface area contributed by atoms with E-state index >= 15 is 0 Å². The summed E-state index contributed by atoms with van der Waals surface area (Å²) in [5.41, 5.74) is 0.584. The minimum Gasteiger partial charge on any atom is -0.391 e. The molecule has 0 aromatic heterocycles. The van der Waals surface area contributed by atoms with Crippen molar-refractivity contribution in [2.75, 3.05) is 19.6 Å². The summed E-state index contributed by atoms with van der Waals surface area (Å²) in [4.78, 5) is 124.